The zero-order valence-electron chi connectivity index (χ0n) is 9.31. The fraction of sp³-hybridized carbons (Fsp3) is 0.909. The first-order valence-electron chi connectivity index (χ1n) is 5.42. The summed E-state index contributed by atoms with van der Waals surface area (Å²) in [5.41, 5.74) is 0. The van der Waals surface area contributed by atoms with Crippen LogP contribution in [0.15, 0.2) is 0 Å². The standard InChI is InChI=1S/C11H23NO/c1-4-12(5-2)10-8-6-7-9-11(3)13/h4-10H2,1-3H3. The van der Waals surface area contributed by atoms with E-state index in [9.17, 15) is 4.79 Å². The molecule has 0 bridgehead atoms. The highest BCUT2D eigenvalue weighted by molar-refractivity contribution is 5.75. The van der Waals surface area contributed by atoms with Crippen molar-refractivity contribution in [2.45, 2.75) is 46.5 Å². The van der Waals surface area contributed by atoms with E-state index in [-0.39, 0.29) is 0 Å². The maximum absolute atomic E-state index is 10.6. The highest BCUT2D eigenvalue weighted by atomic mass is 16.1. The quantitative estimate of drug-likeness (QED) is 0.541. The molecule has 0 radical (unpaired) electrons. The summed E-state index contributed by atoms with van der Waals surface area (Å²) in [6.45, 7) is 9.53. The van der Waals surface area contributed by atoms with Crippen LogP contribution in [-0.4, -0.2) is 30.3 Å². The molecule has 0 unspecified atom stereocenters. The first-order valence-corrected chi connectivity index (χ1v) is 5.42. The van der Waals surface area contributed by atoms with Gasteiger partial charge in [-0.05, 0) is 39.4 Å². The molecular formula is C11H23NO. The summed E-state index contributed by atoms with van der Waals surface area (Å²) in [6, 6.07) is 0. The SMILES string of the molecule is CCN(CC)CCCCCC(C)=O. The van der Waals surface area contributed by atoms with E-state index in [1.807, 2.05) is 0 Å². The van der Waals surface area contributed by atoms with Crippen LogP contribution in [-0.2, 0) is 4.79 Å². The third kappa shape index (κ3) is 7.97. The van der Waals surface area contributed by atoms with Crippen molar-refractivity contribution in [2.75, 3.05) is 19.6 Å². The number of carbonyl (C=O) groups is 1. The summed E-state index contributed by atoms with van der Waals surface area (Å²) < 4.78 is 0. The Labute approximate surface area is 82.3 Å². The Balaban J connectivity index is 3.19. The van der Waals surface area contributed by atoms with Crippen molar-refractivity contribution in [3.05, 3.63) is 0 Å². The van der Waals surface area contributed by atoms with Gasteiger partial charge in [0.05, 0.1) is 0 Å². The smallest absolute Gasteiger partial charge is 0.129 e. The van der Waals surface area contributed by atoms with Gasteiger partial charge in [0.25, 0.3) is 0 Å². The number of rotatable bonds is 8. The lowest BCUT2D eigenvalue weighted by Crippen LogP contribution is -2.23. The fourth-order valence-electron chi connectivity index (χ4n) is 1.43. The van der Waals surface area contributed by atoms with Crippen LogP contribution in [0.1, 0.15) is 46.5 Å². The lowest BCUT2D eigenvalue weighted by Gasteiger charge is -2.17. The zero-order chi connectivity index (χ0) is 10.1. The maximum atomic E-state index is 10.6. The van der Waals surface area contributed by atoms with Crippen LogP contribution in [0.5, 0.6) is 0 Å². The van der Waals surface area contributed by atoms with Crippen LogP contribution in [0.4, 0.5) is 0 Å². The molecule has 0 saturated carbocycles. The second kappa shape index (κ2) is 8.24. The summed E-state index contributed by atoms with van der Waals surface area (Å²) in [6.07, 6.45) is 4.25. The van der Waals surface area contributed by atoms with Crippen LogP contribution in [0.2, 0.25) is 0 Å². The van der Waals surface area contributed by atoms with Crippen molar-refractivity contribution >= 4 is 5.78 Å². The number of nitrogens with zero attached hydrogens (tertiary/aromatic N) is 1. The van der Waals surface area contributed by atoms with Gasteiger partial charge in [-0.3, -0.25) is 0 Å². The summed E-state index contributed by atoms with van der Waals surface area (Å²) in [4.78, 5) is 13.1. The second-order valence-corrected chi connectivity index (χ2v) is 3.54. The third-order valence-corrected chi connectivity index (χ3v) is 2.40. The van der Waals surface area contributed by atoms with Crippen molar-refractivity contribution in [2.24, 2.45) is 0 Å². The van der Waals surface area contributed by atoms with Gasteiger partial charge in [-0.25, -0.2) is 0 Å². The molecular weight excluding hydrogens is 162 g/mol. The number of ketones is 1. The third-order valence-electron chi connectivity index (χ3n) is 2.40. The average molecular weight is 185 g/mol. The van der Waals surface area contributed by atoms with Gasteiger partial charge in [0.1, 0.15) is 5.78 Å². The number of hydrogen-bond donors (Lipinski definition) is 0. The van der Waals surface area contributed by atoms with Crippen LogP contribution in [0.25, 0.3) is 0 Å². The van der Waals surface area contributed by atoms with E-state index in [2.05, 4.69) is 18.7 Å². The van der Waals surface area contributed by atoms with E-state index in [4.69, 9.17) is 0 Å². The van der Waals surface area contributed by atoms with Crippen molar-refractivity contribution in [3.8, 4) is 0 Å². The predicted octanol–water partition coefficient (Wildman–Crippen LogP) is 2.48. The van der Waals surface area contributed by atoms with Crippen LogP contribution < -0.4 is 0 Å². The second-order valence-electron chi connectivity index (χ2n) is 3.54. The molecule has 78 valence electrons. The minimum absolute atomic E-state index is 0.322. The molecule has 0 aliphatic rings. The largest absolute Gasteiger partial charge is 0.304 e. The molecule has 0 aromatic rings. The van der Waals surface area contributed by atoms with Gasteiger partial charge in [0.2, 0.25) is 0 Å². The van der Waals surface area contributed by atoms with E-state index < -0.39 is 0 Å². The molecule has 0 spiro atoms. The average Bonchev–Trinajstić information content (AvgIpc) is 2.11. The molecule has 0 N–H and O–H groups in total. The molecule has 2 heteroatoms. The van der Waals surface area contributed by atoms with Crippen molar-refractivity contribution in [3.63, 3.8) is 0 Å². The van der Waals surface area contributed by atoms with Gasteiger partial charge in [0.15, 0.2) is 0 Å². The monoisotopic (exact) mass is 185 g/mol. The molecule has 0 atom stereocenters. The topological polar surface area (TPSA) is 20.3 Å². The molecule has 0 rings (SSSR count). The molecule has 0 aliphatic heterocycles. The summed E-state index contributed by atoms with van der Waals surface area (Å²) >= 11 is 0. The maximum Gasteiger partial charge on any atom is 0.129 e. The highest BCUT2D eigenvalue weighted by Crippen LogP contribution is 2.02. The Kier molecular flexibility index (Phi) is 8.00. The van der Waals surface area contributed by atoms with Gasteiger partial charge >= 0.3 is 0 Å². The lowest BCUT2D eigenvalue weighted by atomic mass is 10.1. The van der Waals surface area contributed by atoms with Gasteiger partial charge in [-0.15, -0.1) is 0 Å². The minimum Gasteiger partial charge on any atom is -0.304 e. The Morgan fingerprint density at radius 3 is 2.15 bits per heavy atom. The summed E-state index contributed by atoms with van der Waals surface area (Å²) in [7, 11) is 0. The number of hydrogen-bond acceptors (Lipinski definition) is 2. The molecule has 13 heavy (non-hydrogen) atoms. The van der Waals surface area contributed by atoms with E-state index in [1.165, 1.54) is 19.4 Å². The van der Waals surface area contributed by atoms with Gasteiger partial charge in [-0.1, -0.05) is 20.3 Å². The minimum atomic E-state index is 0.322. The van der Waals surface area contributed by atoms with E-state index in [0.717, 1.165) is 25.9 Å². The van der Waals surface area contributed by atoms with E-state index in [0.29, 0.717) is 5.78 Å². The molecule has 0 aromatic carbocycles. The fourth-order valence-corrected chi connectivity index (χ4v) is 1.43. The van der Waals surface area contributed by atoms with E-state index in [1.54, 1.807) is 6.92 Å². The molecule has 0 fully saturated rings. The van der Waals surface area contributed by atoms with E-state index >= 15 is 0 Å². The van der Waals surface area contributed by atoms with Gasteiger partial charge in [-0.2, -0.15) is 0 Å². The van der Waals surface area contributed by atoms with Crippen molar-refractivity contribution < 1.29 is 4.79 Å². The Morgan fingerprint density at radius 2 is 1.69 bits per heavy atom. The molecule has 0 saturated heterocycles. The number of unbranched alkanes of at least 4 members (excludes halogenated alkanes) is 2. The van der Waals surface area contributed by atoms with Crippen LogP contribution in [0.3, 0.4) is 0 Å². The summed E-state index contributed by atoms with van der Waals surface area (Å²) in [5, 5.41) is 0. The van der Waals surface area contributed by atoms with Gasteiger partial charge in [0, 0.05) is 6.42 Å². The molecule has 2 nitrogen and oxygen atoms in total. The van der Waals surface area contributed by atoms with Crippen LogP contribution >= 0.6 is 0 Å². The van der Waals surface area contributed by atoms with Gasteiger partial charge < -0.3 is 9.69 Å². The first-order chi connectivity index (χ1) is 6.20. The molecule has 0 aliphatic carbocycles. The van der Waals surface area contributed by atoms with Crippen molar-refractivity contribution in [1.29, 1.82) is 0 Å². The Hall–Kier alpha value is -0.370. The molecule has 0 aromatic heterocycles. The number of carbonyl (C=O) groups excluding carboxylic acids is 1. The van der Waals surface area contributed by atoms with Crippen molar-refractivity contribution in [1.82, 2.24) is 4.90 Å². The predicted molar refractivity (Wildman–Crippen MR) is 56.9 cm³/mol. The Bertz CT molecular complexity index is 130. The zero-order valence-corrected chi connectivity index (χ0v) is 9.31. The number of Topliss-reactive ketones (excluding diaryl/α,β-unsaturated/α-hetero) is 1. The molecule has 0 amide bonds. The summed E-state index contributed by atoms with van der Waals surface area (Å²) in [5.74, 6) is 0.322. The first kappa shape index (κ1) is 12.6. The highest BCUT2D eigenvalue weighted by Gasteiger charge is 1.98. The lowest BCUT2D eigenvalue weighted by molar-refractivity contribution is -0.117. The normalized spacial score (nSPS) is 10.8. The Morgan fingerprint density at radius 1 is 1.08 bits per heavy atom. The van der Waals surface area contributed by atoms with Crippen LogP contribution in [0, 0.1) is 0 Å². The molecule has 0 heterocycles.